The molecule has 1 aliphatic rings. The number of sulfonamides is 1. The first-order valence-corrected chi connectivity index (χ1v) is 8.77. The van der Waals surface area contributed by atoms with E-state index in [2.05, 4.69) is 22.4 Å². The van der Waals surface area contributed by atoms with Crippen LogP contribution in [0.4, 0.5) is 0 Å². The number of ether oxygens (including phenoxy) is 1. The lowest BCUT2D eigenvalue weighted by atomic mass is 10.2. The van der Waals surface area contributed by atoms with Gasteiger partial charge in [0.1, 0.15) is 0 Å². The van der Waals surface area contributed by atoms with Crippen molar-refractivity contribution in [3.05, 3.63) is 11.8 Å². The van der Waals surface area contributed by atoms with Gasteiger partial charge in [-0.1, -0.05) is 6.92 Å². The summed E-state index contributed by atoms with van der Waals surface area (Å²) in [5, 5.41) is 9.94. The zero-order valence-electron chi connectivity index (χ0n) is 12.8. The topological polar surface area (TPSA) is 87.3 Å². The third-order valence-corrected chi connectivity index (χ3v) is 5.53. The van der Waals surface area contributed by atoms with Crippen LogP contribution in [0.25, 0.3) is 0 Å². The van der Waals surface area contributed by atoms with Crippen molar-refractivity contribution in [2.24, 2.45) is 0 Å². The van der Waals surface area contributed by atoms with E-state index in [0.29, 0.717) is 25.3 Å². The third-order valence-electron chi connectivity index (χ3n) is 3.54. The molecule has 1 aromatic heterocycles. The number of morpholine rings is 1. The summed E-state index contributed by atoms with van der Waals surface area (Å²) < 4.78 is 32.7. The summed E-state index contributed by atoms with van der Waals surface area (Å²) in [4.78, 5) is 0. The van der Waals surface area contributed by atoms with E-state index in [4.69, 9.17) is 4.74 Å². The van der Waals surface area contributed by atoms with Crippen LogP contribution in [0.15, 0.2) is 11.2 Å². The Balaban J connectivity index is 2.21. The molecule has 0 bridgehead atoms. The second kappa shape index (κ2) is 6.87. The van der Waals surface area contributed by atoms with Crippen molar-refractivity contribution < 1.29 is 13.2 Å². The average Bonchev–Trinajstić information content (AvgIpc) is 2.91. The van der Waals surface area contributed by atoms with Crippen LogP contribution < -0.4 is 5.32 Å². The Bertz CT molecular complexity index is 558. The van der Waals surface area contributed by atoms with Crippen molar-refractivity contribution in [2.75, 3.05) is 19.7 Å². The first-order valence-electron chi connectivity index (χ1n) is 7.33. The molecule has 1 aliphatic heterocycles. The monoisotopic (exact) mass is 316 g/mol. The molecule has 2 unspecified atom stereocenters. The number of hydrogen-bond donors (Lipinski definition) is 2. The van der Waals surface area contributed by atoms with Gasteiger partial charge in [-0.05, 0) is 26.8 Å². The van der Waals surface area contributed by atoms with E-state index >= 15 is 0 Å². The van der Waals surface area contributed by atoms with E-state index in [0.717, 1.165) is 13.0 Å². The van der Waals surface area contributed by atoms with Gasteiger partial charge < -0.3 is 10.1 Å². The largest absolute Gasteiger partial charge is 0.375 e. The fraction of sp³-hybridized carbons (Fsp3) is 0.769. The van der Waals surface area contributed by atoms with Gasteiger partial charge in [-0.3, -0.25) is 5.10 Å². The predicted octanol–water partition coefficient (Wildman–Crippen LogP) is 0.707. The lowest BCUT2D eigenvalue weighted by Gasteiger charge is -2.35. The van der Waals surface area contributed by atoms with E-state index < -0.39 is 10.0 Å². The minimum Gasteiger partial charge on any atom is -0.375 e. The number of nitrogens with zero attached hydrogens (tertiary/aromatic N) is 2. The summed E-state index contributed by atoms with van der Waals surface area (Å²) in [6, 6.07) is -0.175. The molecule has 2 heterocycles. The fourth-order valence-electron chi connectivity index (χ4n) is 2.37. The summed E-state index contributed by atoms with van der Waals surface area (Å²) >= 11 is 0. The zero-order valence-corrected chi connectivity index (χ0v) is 13.6. The Kier molecular flexibility index (Phi) is 5.37. The Morgan fingerprint density at radius 1 is 1.52 bits per heavy atom. The molecule has 1 aromatic rings. The van der Waals surface area contributed by atoms with Gasteiger partial charge in [-0.25, -0.2) is 8.42 Å². The third kappa shape index (κ3) is 3.63. The highest BCUT2D eigenvalue weighted by atomic mass is 32.2. The molecule has 21 heavy (non-hydrogen) atoms. The number of H-pyrrole nitrogens is 1. The Morgan fingerprint density at radius 2 is 2.29 bits per heavy atom. The normalized spacial score (nSPS) is 24.3. The van der Waals surface area contributed by atoms with E-state index in [1.54, 1.807) is 6.20 Å². The van der Waals surface area contributed by atoms with Crippen molar-refractivity contribution in [1.82, 2.24) is 19.8 Å². The molecule has 0 spiro atoms. The zero-order chi connectivity index (χ0) is 15.5. The van der Waals surface area contributed by atoms with Gasteiger partial charge in [0.25, 0.3) is 10.0 Å². The van der Waals surface area contributed by atoms with Gasteiger partial charge in [0.05, 0.1) is 18.9 Å². The minimum absolute atomic E-state index is 0.0967. The van der Waals surface area contributed by atoms with Crippen molar-refractivity contribution >= 4 is 10.0 Å². The molecule has 0 radical (unpaired) electrons. The molecule has 0 aromatic carbocycles. The summed E-state index contributed by atoms with van der Waals surface area (Å²) in [6.45, 7) is 7.92. The second-order valence-electron chi connectivity index (χ2n) is 5.47. The highest BCUT2D eigenvalue weighted by Gasteiger charge is 2.36. The SMILES string of the molecule is CCCNCc1cn[nH]c1S(=O)(=O)N1CC(C)OCC1C. The maximum absolute atomic E-state index is 12.8. The van der Waals surface area contributed by atoms with Crippen LogP contribution in [0.3, 0.4) is 0 Å². The van der Waals surface area contributed by atoms with Crippen LogP contribution in [-0.2, 0) is 21.3 Å². The smallest absolute Gasteiger partial charge is 0.260 e. The highest BCUT2D eigenvalue weighted by Crippen LogP contribution is 2.23. The Hall–Kier alpha value is -0.960. The molecular weight excluding hydrogens is 292 g/mol. The van der Waals surface area contributed by atoms with Crippen molar-refractivity contribution in [1.29, 1.82) is 0 Å². The summed E-state index contributed by atoms with van der Waals surface area (Å²) in [5.74, 6) is 0. The molecule has 2 N–H and O–H groups in total. The second-order valence-corrected chi connectivity index (χ2v) is 7.30. The maximum atomic E-state index is 12.8. The molecule has 0 saturated carbocycles. The molecule has 2 rings (SSSR count). The summed E-state index contributed by atoms with van der Waals surface area (Å²) in [6.07, 6.45) is 2.47. The van der Waals surface area contributed by atoms with Crippen LogP contribution >= 0.6 is 0 Å². The molecule has 0 amide bonds. The lowest BCUT2D eigenvalue weighted by molar-refractivity contribution is -0.0171. The van der Waals surface area contributed by atoms with Crippen LogP contribution in [0.1, 0.15) is 32.8 Å². The van der Waals surface area contributed by atoms with Crippen molar-refractivity contribution in [3.8, 4) is 0 Å². The average molecular weight is 316 g/mol. The minimum atomic E-state index is -3.57. The molecule has 120 valence electrons. The summed E-state index contributed by atoms with van der Waals surface area (Å²) in [5.41, 5.74) is 0.676. The van der Waals surface area contributed by atoms with Crippen LogP contribution in [0.5, 0.6) is 0 Å². The first-order chi connectivity index (χ1) is 9.96. The number of nitrogens with one attached hydrogen (secondary N) is 2. The Morgan fingerprint density at radius 3 is 3.00 bits per heavy atom. The molecule has 8 heteroatoms. The molecule has 1 saturated heterocycles. The number of aromatic amines is 1. The maximum Gasteiger partial charge on any atom is 0.260 e. The number of hydrogen-bond acceptors (Lipinski definition) is 5. The van der Waals surface area contributed by atoms with E-state index in [-0.39, 0.29) is 17.2 Å². The molecule has 0 aliphatic carbocycles. The van der Waals surface area contributed by atoms with Gasteiger partial charge in [0.15, 0.2) is 5.03 Å². The van der Waals surface area contributed by atoms with Crippen molar-refractivity contribution in [3.63, 3.8) is 0 Å². The number of rotatable bonds is 6. The Labute approximate surface area is 126 Å². The molecule has 2 atom stereocenters. The molecular formula is C13H24N4O3S. The number of aromatic nitrogens is 2. The van der Waals surface area contributed by atoms with Crippen LogP contribution in [-0.4, -0.2) is 54.8 Å². The molecule has 1 fully saturated rings. The van der Waals surface area contributed by atoms with Gasteiger partial charge in [-0.15, -0.1) is 0 Å². The van der Waals surface area contributed by atoms with Crippen LogP contribution in [0.2, 0.25) is 0 Å². The van der Waals surface area contributed by atoms with Gasteiger partial charge in [0, 0.05) is 24.7 Å². The lowest BCUT2D eigenvalue weighted by Crippen LogP contribution is -2.50. The van der Waals surface area contributed by atoms with Gasteiger partial charge in [0.2, 0.25) is 0 Å². The summed E-state index contributed by atoms with van der Waals surface area (Å²) in [7, 11) is -3.57. The van der Waals surface area contributed by atoms with E-state index in [1.807, 2.05) is 13.8 Å². The van der Waals surface area contributed by atoms with E-state index in [1.165, 1.54) is 4.31 Å². The van der Waals surface area contributed by atoms with Crippen LogP contribution in [0, 0.1) is 0 Å². The van der Waals surface area contributed by atoms with E-state index in [9.17, 15) is 8.42 Å². The molecule has 7 nitrogen and oxygen atoms in total. The fourth-order valence-corrected chi connectivity index (χ4v) is 4.17. The van der Waals surface area contributed by atoms with Crippen molar-refractivity contribution in [2.45, 2.75) is 50.9 Å². The highest BCUT2D eigenvalue weighted by molar-refractivity contribution is 7.89. The van der Waals surface area contributed by atoms with Gasteiger partial charge in [-0.2, -0.15) is 9.40 Å². The quantitative estimate of drug-likeness (QED) is 0.755. The van der Waals surface area contributed by atoms with Gasteiger partial charge >= 0.3 is 0 Å². The predicted molar refractivity (Wildman–Crippen MR) is 79.4 cm³/mol. The first kappa shape index (κ1) is 16.4. The standard InChI is InChI=1S/C13H24N4O3S/c1-4-5-14-6-12-7-15-16-13(12)21(18,19)17-8-11(3)20-9-10(17)2/h7,10-11,14H,4-6,8-9H2,1-3H3,(H,15,16).